The summed E-state index contributed by atoms with van der Waals surface area (Å²) in [6.45, 7) is 7.87. The number of aryl methyl sites for hydroxylation is 1. The van der Waals surface area contributed by atoms with Gasteiger partial charge in [0.1, 0.15) is 5.82 Å². The number of rotatable bonds is 5. The van der Waals surface area contributed by atoms with Crippen molar-refractivity contribution in [1.29, 1.82) is 0 Å². The van der Waals surface area contributed by atoms with E-state index in [1.54, 1.807) is 12.3 Å². The lowest BCUT2D eigenvalue weighted by atomic mass is 10.1. The van der Waals surface area contributed by atoms with Crippen LogP contribution < -0.4 is 5.32 Å². The highest BCUT2D eigenvalue weighted by Crippen LogP contribution is 2.20. The van der Waals surface area contributed by atoms with Crippen molar-refractivity contribution in [2.45, 2.75) is 27.3 Å². The van der Waals surface area contributed by atoms with Crippen LogP contribution in [0.25, 0.3) is 11.4 Å². The van der Waals surface area contributed by atoms with E-state index >= 15 is 0 Å². The van der Waals surface area contributed by atoms with Gasteiger partial charge < -0.3 is 5.32 Å². The Hall–Kier alpha value is -1.81. The van der Waals surface area contributed by atoms with Crippen molar-refractivity contribution < 1.29 is 4.39 Å². The molecule has 1 N–H and O–H groups in total. The Labute approximate surface area is 119 Å². The van der Waals surface area contributed by atoms with Gasteiger partial charge in [0.2, 0.25) is 0 Å². The molecule has 20 heavy (non-hydrogen) atoms. The van der Waals surface area contributed by atoms with Gasteiger partial charge in [0.15, 0.2) is 5.82 Å². The third-order valence-electron chi connectivity index (χ3n) is 3.00. The number of benzene rings is 1. The Morgan fingerprint density at radius 3 is 2.75 bits per heavy atom. The van der Waals surface area contributed by atoms with Gasteiger partial charge in [0, 0.05) is 18.3 Å². The van der Waals surface area contributed by atoms with Crippen molar-refractivity contribution in [3.8, 4) is 11.4 Å². The summed E-state index contributed by atoms with van der Waals surface area (Å²) >= 11 is 0. The molecule has 0 aliphatic carbocycles. The summed E-state index contributed by atoms with van der Waals surface area (Å²) in [5, 5.41) is 3.35. The highest BCUT2D eigenvalue weighted by atomic mass is 19.1. The Bertz CT molecular complexity index is 582. The van der Waals surface area contributed by atoms with Gasteiger partial charge >= 0.3 is 0 Å². The average molecular weight is 273 g/mol. The lowest BCUT2D eigenvalue weighted by Gasteiger charge is -2.09. The first-order valence-electron chi connectivity index (χ1n) is 6.85. The lowest BCUT2D eigenvalue weighted by Crippen LogP contribution is -2.19. The molecule has 1 aromatic heterocycles. The molecule has 0 saturated heterocycles. The van der Waals surface area contributed by atoms with Crippen LogP contribution in [0.2, 0.25) is 0 Å². The summed E-state index contributed by atoms with van der Waals surface area (Å²) < 4.78 is 13.1. The van der Waals surface area contributed by atoms with Gasteiger partial charge in [-0.15, -0.1) is 0 Å². The normalized spacial score (nSPS) is 11.1. The standard InChI is InChI=1S/C16H20FN3/c1-11(2)9-18-10-14-6-7-19-16(20-14)15-5-4-13(17)8-12(15)3/h4-8,11,18H,9-10H2,1-3H3. The summed E-state index contributed by atoms with van der Waals surface area (Å²) in [6.07, 6.45) is 1.75. The second-order valence-corrected chi connectivity index (χ2v) is 5.36. The van der Waals surface area contributed by atoms with Crippen molar-refractivity contribution in [1.82, 2.24) is 15.3 Å². The maximum Gasteiger partial charge on any atom is 0.159 e. The Kier molecular flexibility index (Phi) is 4.79. The van der Waals surface area contributed by atoms with Gasteiger partial charge in [-0.2, -0.15) is 0 Å². The second-order valence-electron chi connectivity index (χ2n) is 5.36. The third kappa shape index (κ3) is 3.84. The Balaban J connectivity index is 2.16. The molecule has 1 heterocycles. The molecule has 106 valence electrons. The first kappa shape index (κ1) is 14.6. The summed E-state index contributed by atoms with van der Waals surface area (Å²) in [6, 6.07) is 6.57. The van der Waals surface area contributed by atoms with Crippen LogP contribution in [0.15, 0.2) is 30.5 Å². The zero-order valence-corrected chi connectivity index (χ0v) is 12.2. The highest BCUT2D eigenvalue weighted by molar-refractivity contribution is 5.59. The van der Waals surface area contributed by atoms with Crippen LogP contribution in [0.5, 0.6) is 0 Å². The molecule has 0 saturated carbocycles. The van der Waals surface area contributed by atoms with Gasteiger partial charge in [0.25, 0.3) is 0 Å². The molecular formula is C16H20FN3. The van der Waals surface area contributed by atoms with E-state index in [1.165, 1.54) is 12.1 Å². The Morgan fingerprint density at radius 2 is 2.05 bits per heavy atom. The van der Waals surface area contributed by atoms with Gasteiger partial charge in [0.05, 0.1) is 5.69 Å². The summed E-state index contributed by atoms with van der Waals surface area (Å²) in [5.74, 6) is 1.02. The third-order valence-corrected chi connectivity index (χ3v) is 3.00. The summed E-state index contributed by atoms with van der Waals surface area (Å²) in [4.78, 5) is 8.82. The van der Waals surface area contributed by atoms with Gasteiger partial charge in [-0.3, -0.25) is 0 Å². The number of nitrogens with one attached hydrogen (secondary N) is 1. The van der Waals surface area contributed by atoms with Gasteiger partial charge in [-0.1, -0.05) is 13.8 Å². The monoisotopic (exact) mass is 273 g/mol. The minimum atomic E-state index is -0.235. The largest absolute Gasteiger partial charge is 0.311 e. The SMILES string of the molecule is Cc1cc(F)ccc1-c1nccc(CNCC(C)C)n1. The zero-order chi connectivity index (χ0) is 14.5. The van der Waals surface area contributed by atoms with E-state index in [-0.39, 0.29) is 5.82 Å². The molecular weight excluding hydrogens is 253 g/mol. The van der Waals surface area contributed by atoms with Crippen LogP contribution >= 0.6 is 0 Å². The highest BCUT2D eigenvalue weighted by Gasteiger charge is 2.07. The van der Waals surface area contributed by atoms with Crippen molar-refractivity contribution in [3.05, 3.63) is 47.5 Å². The molecule has 4 heteroatoms. The van der Waals surface area contributed by atoms with Crippen LogP contribution in [-0.4, -0.2) is 16.5 Å². The van der Waals surface area contributed by atoms with E-state index < -0.39 is 0 Å². The summed E-state index contributed by atoms with van der Waals surface area (Å²) in [5.41, 5.74) is 2.66. The fourth-order valence-corrected chi connectivity index (χ4v) is 1.99. The molecule has 0 amide bonds. The van der Waals surface area contributed by atoms with Crippen LogP contribution in [0.3, 0.4) is 0 Å². The Morgan fingerprint density at radius 1 is 1.25 bits per heavy atom. The van der Waals surface area contributed by atoms with Crippen LogP contribution in [0.1, 0.15) is 25.1 Å². The fourth-order valence-electron chi connectivity index (χ4n) is 1.99. The summed E-state index contributed by atoms with van der Waals surface area (Å²) in [7, 11) is 0. The quantitative estimate of drug-likeness (QED) is 0.908. The second kappa shape index (κ2) is 6.57. The van der Waals surface area contributed by atoms with E-state index in [9.17, 15) is 4.39 Å². The molecule has 0 aliphatic rings. The minimum absolute atomic E-state index is 0.235. The zero-order valence-electron chi connectivity index (χ0n) is 12.2. The fraction of sp³-hybridized carbons (Fsp3) is 0.375. The number of nitrogens with zero attached hydrogens (tertiary/aromatic N) is 2. The maximum absolute atomic E-state index is 13.1. The van der Waals surface area contributed by atoms with Crippen molar-refractivity contribution >= 4 is 0 Å². The molecule has 0 fully saturated rings. The molecule has 2 rings (SSSR count). The molecule has 3 nitrogen and oxygen atoms in total. The predicted octanol–water partition coefficient (Wildman–Crippen LogP) is 3.34. The molecule has 0 unspecified atom stereocenters. The van der Waals surface area contributed by atoms with E-state index in [4.69, 9.17) is 0 Å². The molecule has 1 aromatic carbocycles. The molecule has 0 aliphatic heterocycles. The molecule has 0 spiro atoms. The predicted molar refractivity (Wildman–Crippen MR) is 78.7 cm³/mol. The van der Waals surface area contributed by atoms with Gasteiger partial charge in [-0.25, -0.2) is 14.4 Å². The van der Waals surface area contributed by atoms with Crippen LogP contribution in [-0.2, 0) is 6.54 Å². The van der Waals surface area contributed by atoms with E-state index in [0.29, 0.717) is 18.3 Å². The minimum Gasteiger partial charge on any atom is -0.311 e. The van der Waals surface area contributed by atoms with Gasteiger partial charge in [-0.05, 0) is 49.2 Å². The van der Waals surface area contributed by atoms with Crippen molar-refractivity contribution in [3.63, 3.8) is 0 Å². The van der Waals surface area contributed by atoms with Crippen molar-refractivity contribution in [2.75, 3.05) is 6.54 Å². The van der Waals surface area contributed by atoms with Crippen LogP contribution in [0, 0.1) is 18.7 Å². The molecule has 2 aromatic rings. The number of aromatic nitrogens is 2. The number of hydrogen-bond donors (Lipinski definition) is 1. The number of halogens is 1. The molecule has 0 atom stereocenters. The maximum atomic E-state index is 13.1. The van der Waals surface area contributed by atoms with E-state index in [0.717, 1.165) is 23.4 Å². The molecule has 0 bridgehead atoms. The first-order chi connectivity index (χ1) is 9.56. The van der Waals surface area contributed by atoms with E-state index in [1.807, 2.05) is 13.0 Å². The smallest absolute Gasteiger partial charge is 0.159 e. The molecule has 0 radical (unpaired) electrons. The average Bonchev–Trinajstić information content (AvgIpc) is 2.38. The van der Waals surface area contributed by atoms with Crippen LogP contribution in [0.4, 0.5) is 4.39 Å². The topological polar surface area (TPSA) is 37.8 Å². The van der Waals surface area contributed by atoms with Crippen molar-refractivity contribution in [2.24, 2.45) is 5.92 Å². The first-order valence-corrected chi connectivity index (χ1v) is 6.85. The van der Waals surface area contributed by atoms with E-state index in [2.05, 4.69) is 29.1 Å². The lowest BCUT2D eigenvalue weighted by molar-refractivity contribution is 0.548. The number of hydrogen-bond acceptors (Lipinski definition) is 3.